The Labute approximate surface area is 83.9 Å². The van der Waals surface area contributed by atoms with Crippen molar-refractivity contribution in [1.29, 1.82) is 5.26 Å². The molecule has 0 spiro atoms. The molecule has 0 saturated heterocycles. The molecule has 0 bridgehead atoms. The highest BCUT2D eigenvalue weighted by Gasteiger charge is 2.21. The van der Waals surface area contributed by atoms with E-state index in [1.54, 1.807) is 6.07 Å². The molecule has 0 amide bonds. The van der Waals surface area contributed by atoms with Gasteiger partial charge in [-0.2, -0.15) is 5.26 Å². The Morgan fingerprint density at radius 3 is 2.71 bits per heavy atom. The molecule has 0 fully saturated rings. The maximum Gasteiger partial charge on any atom is 0.266 e. The lowest BCUT2D eigenvalue weighted by Gasteiger charge is -2.07. The summed E-state index contributed by atoms with van der Waals surface area (Å²) in [6, 6.07) is 1.59. The molecule has 0 saturated carbocycles. The Kier molecular flexibility index (Phi) is 3.20. The Bertz CT molecular complexity index is 390. The van der Waals surface area contributed by atoms with E-state index >= 15 is 0 Å². The SMILES string of the molecule is COc1ncc(C#N)c(C(F)F)c1Cl. The van der Waals surface area contributed by atoms with Crippen molar-refractivity contribution < 1.29 is 13.5 Å². The lowest BCUT2D eigenvalue weighted by atomic mass is 10.1. The Morgan fingerprint density at radius 2 is 2.29 bits per heavy atom. The molecule has 0 aliphatic rings. The molecule has 0 aliphatic heterocycles. The molecule has 1 rings (SSSR count). The molecule has 0 atom stereocenters. The highest BCUT2D eigenvalue weighted by molar-refractivity contribution is 6.32. The van der Waals surface area contributed by atoms with Crippen LogP contribution in [0, 0.1) is 11.3 Å². The van der Waals surface area contributed by atoms with Crippen LogP contribution in [0.25, 0.3) is 0 Å². The number of nitrogens with zero attached hydrogens (tertiary/aromatic N) is 2. The summed E-state index contributed by atoms with van der Waals surface area (Å²) in [5.74, 6) is -0.110. The van der Waals surface area contributed by atoms with Crippen molar-refractivity contribution >= 4 is 11.6 Å². The molecule has 0 radical (unpaired) electrons. The Hall–Kier alpha value is -1.41. The summed E-state index contributed by atoms with van der Waals surface area (Å²) >= 11 is 5.57. The third kappa shape index (κ3) is 1.75. The minimum atomic E-state index is -2.82. The van der Waals surface area contributed by atoms with E-state index in [1.807, 2.05) is 0 Å². The van der Waals surface area contributed by atoms with Crippen molar-refractivity contribution in [2.45, 2.75) is 6.43 Å². The second-order valence-corrected chi connectivity index (χ2v) is 2.70. The number of rotatable bonds is 2. The fourth-order valence-electron chi connectivity index (χ4n) is 0.928. The van der Waals surface area contributed by atoms with E-state index in [0.717, 1.165) is 6.20 Å². The maximum absolute atomic E-state index is 12.5. The van der Waals surface area contributed by atoms with Crippen LogP contribution in [-0.4, -0.2) is 12.1 Å². The second-order valence-electron chi connectivity index (χ2n) is 2.32. The highest BCUT2D eigenvalue weighted by atomic mass is 35.5. The average Bonchev–Trinajstić information content (AvgIpc) is 2.16. The Morgan fingerprint density at radius 1 is 1.64 bits per heavy atom. The zero-order valence-corrected chi connectivity index (χ0v) is 7.85. The molecule has 0 N–H and O–H groups in total. The summed E-state index contributed by atoms with van der Waals surface area (Å²) in [6.07, 6.45) is -1.82. The van der Waals surface area contributed by atoms with E-state index in [-0.39, 0.29) is 16.5 Å². The van der Waals surface area contributed by atoms with Crippen LogP contribution < -0.4 is 4.74 Å². The van der Waals surface area contributed by atoms with Gasteiger partial charge in [0, 0.05) is 6.20 Å². The fraction of sp³-hybridized carbons (Fsp3) is 0.250. The Balaban J connectivity index is 3.41. The van der Waals surface area contributed by atoms with E-state index in [0.29, 0.717) is 0 Å². The number of pyridine rings is 1. The van der Waals surface area contributed by atoms with Gasteiger partial charge >= 0.3 is 0 Å². The van der Waals surface area contributed by atoms with Crippen molar-refractivity contribution in [3.63, 3.8) is 0 Å². The van der Waals surface area contributed by atoms with Gasteiger partial charge in [-0.15, -0.1) is 0 Å². The first-order chi connectivity index (χ1) is 6.61. The van der Waals surface area contributed by atoms with Gasteiger partial charge in [0.2, 0.25) is 5.88 Å². The van der Waals surface area contributed by atoms with Gasteiger partial charge in [-0.1, -0.05) is 11.6 Å². The summed E-state index contributed by atoms with van der Waals surface area (Å²) in [5, 5.41) is 8.21. The largest absolute Gasteiger partial charge is 0.480 e. The topological polar surface area (TPSA) is 45.9 Å². The molecule has 0 aliphatic carbocycles. The van der Waals surface area contributed by atoms with Gasteiger partial charge < -0.3 is 4.74 Å². The quantitative estimate of drug-likeness (QED) is 0.766. The normalized spacial score (nSPS) is 10.0. The van der Waals surface area contributed by atoms with Crippen LogP contribution in [0.1, 0.15) is 17.6 Å². The predicted molar refractivity (Wildman–Crippen MR) is 45.5 cm³/mol. The van der Waals surface area contributed by atoms with Gasteiger partial charge in [-0.3, -0.25) is 0 Å². The van der Waals surface area contributed by atoms with Gasteiger partial charge in [0.05, 0.1) is 18.2 Å². The number of aromatic nitrogens is 1. The molecule has 1 aromatic heterocycles. The smallest absolute Gasteiger partial charge is 0.266 e. The van der Waals surface area contributed by atoms with E-state index in [2.05, 4.69) is 9.72 Å². The van der Waals surface area contributed by atoms with Crippen LogP contribution >= 0.6 is 11.6 Å². The minimum Gasteiger partial charge on any atom is -0.480 e. The maximum atomic E-state index is 12.5. The monoisotopic (exact) mass is 218 g/mol. The van der Waals surface area contributed by atoms with E-state index < -0.39 is 12.0 Å². The molecular weight excluding hydrogens is 214 g/mol. The molecule has 0 unspecified atom stereocenters. The number of ether oxygens (including phenoxy) is 1. The second kappa shape index (κ2) is 4.20. The zero-order chi connectivity index (χ0) is 10.7. The number of alkyl halides is 2. The molecule has 6 heteroatoms. The van der Waals surface area contributed by atoms with Crippen LogP contribution in [0.5, 0.6) is 5.88 Å². The molecule has 1 heterocycles. The van der Waals surface area contributed by atoms with Crippen molar-refractivity contribution in [2.24, 2.45) is 0 Å². The summed E-state index contributed by atoms with van der Waals surface area (Å²) in [7, 11) is 1.26. The molecule has 1 aromatic rings. The molecular formula is C8H5ClF2N2O. The zero-order valence-electron chi connectivity index (χ0n) is 7.09. The highest BCUT2D eigenvalue weighted by Crippen LogP contribution is 2.34. The summed E-state index contributed by atoms with van der Waals surface area (Å²) in [5.41, 5.74) is -0.785. The van der Waals surface area contributed by atoms with Gasteiger partial charge in [-0.05, 0) is 0 Å². The number of methoxy groups -OCH3 is 1. The molecule has 74 valence electrons. The van der Waals surface area contributed by atoms with E-state index in [1.165, 1.54) is 7.11 Å². The molecule has 14 heavy (non-hydrogen) atoms. The van der Waals surface area contributed by atoms with Crippen molar-refractivity contribution in [3.8, 4) is 11.9 Å². The summed E-state index contributed by atoms with van der Waals surface area (Å²) in [6.45, 7) is 0. The van der Waals surface area contributed by atoms with Gasteiger partial charge in [0.1, 0.15) is 11.1 Å². The summed E-state index contributed by atoms with van der Waals surface area (Å²) < 4.78 is 29.6. The van der Waals surface area contributed by atoms with E-state index in [4.69, 9.17) is 16.9 Å². The predicted octanol–water partition coefficient (Wildman–Crippen LogP) is 2.55. The lowest BCUT2D eigenvalue weighted by Crippen LogP contribution is -1.97. The fourth-order valence-corrected chi connectivity index (χ4v) is 1.24. The van der Waals surface area contributed by atoms with Gasteiger partial charge in [0.15, 0.2) is 0 Å². The number of hydrogen-bond donors (Lipinski definition) is 0. The van der Waals surface area contributed by atoms with Crippen molar-refractivity contribution in [3.05, 3.63) is 22.3 Å². The van der Waals surface area contributed by atoms with Crippen LogP contribution in [0.3, 0.4) is 0 Å². The van der Waals surface area contributed by atoms with Gasteiger partial charge in [0.25, 0.3) is 6.43 Å². The third-order valence-electron chi connectivity index (χ3n) is 1.56. The average molecular weight is 219 g/mol. The van der Waals surface area contributed by atoms with Crippen molar-refractivity contribution in [2.75, 3.05) is 7.11 Å². The molecule has 0 aromatic carbocycles. The third-order valence-corrected chi connectivity index (χ3v) is 1.92. The number of hydrogen-bond acceptors (Lipinski definition) is 3. The van der Waals surface area contributed by atoms with Crippen molar-refractivity contribution in [1.82, 2.24) is 4.98 Å². The summed E-state index contributed by atoms with van der Waals surface area (Å²) in [4.78, 5) is 3.60. The minimum absolute atomic E-state index is 0.110. The van der Waals surface area contributed by atoms with Gasteiger partial charge in [-0.25, -0.2) is 13.8 Å². The first kappa shape index (κ1) is 10.7. The molecule has 3 nitrogen and oxygen atoms in total. The first-order valence-electron chi connectivity index (χ1n) is 3.52. The standard InChI is InChI=1S/C8H5ClF2N2O/c1-14-8-6(9)5(7(10)11)4(2-12)3-13-8/h3,7H,1H3. The van der Waals surface area contributed by atoms with E-state index in [9.17, 15) is 8.78 Å². The number of nitriles is 1. The number of halogens is 3. The lowest BCUT2D eigenvalue weighted by molar-refractivity contribution is 0.150. The van der Waals surface area contributed by atoms with Crippen LogP contribution in [0.4, 0.5) is 8.78 Å². The van der Waals surface area contributed by atoms with Crippen LogP contribution in [0.15, 0.2) is 6.20 Å². The van der Waals surface area contributed by atoms with Crippen LogP contribution in [-0.2, 0) is 0 Å². The van der Waals surface area contributed by atoms with Crippen LogP contribution in [0.2, 0.25) is 5.02 Å². The first-order valence-corrected chi connectivity index (χ1v) is 3.90.